The first kappa shape index (κ1) is 15.3. The second-order valence-electron chi connectivity index (χ2n) is 5.36. The van der Waals surface area contributed by atoms with Crippen molar-refractivity contribution < 1.29 is 9.50 Å². The number of rotatable bonds is 8. The quantitative estimate of drug-likeness (QED) is 0.409. The van der Waals surface area contributed by atoms with Crippen molar-refractivity contribution in [2.24, 2.45) is 11.1 Å². The first-order valence-electron chi connectivity index (χ1n) is 6.94. The van der Waals surface area contributed by atoms with Gasteiger partial charge < -0.3 is 5.11 Å². The number of unbranched alkanes of at least 4 members (excludes halogenated alkanes) is 1. The molecule has 1 aliphatic carbocycles. The van der Waals surface area contributed by atoms with E-state index in [0.717, 1.165) is 32.1 Å². The first-order valence-corrected chi connectivity index (χ1v) is 6.94. The molecule has 1 aliphatic rings. The summed E-state index contributed by atoms with van der Waals surface area (Å²) >= 11 is 0. The molecule has 0 saturated heterocycles. The normalized spacial score (nSPS) is 27.5. The Morgan fingerprint density at radius 2 is 2.11 bits per heavy atom. The number of aliphatic hydroxyl groups is 1. The van der Waals surface area contributed by atoms with Crippen molar-refractivity contribution in [2.45, 2.75) is 70.2 Å². The van der Waals surface area contributed by atoms with E-state index in [1.165, 1.54) is 0 Å². The van der Waals surface area contributed by atoms with E-state index in [9.17, 15) is 9.30 Å². The molecule has 1 fully saturated rings. The standard InChI is InChI=1S/C14H24FNO2/c1-11(17)4-2-3-5-14(16-18)9-7-12-6-8-13(15)10-12/h7,9,11-14,17H,2-6,8,10H2,1H3/b9-7+/t11-,12+,13+,14?/m0/s1. The van der Waals surface area contributed by atoms with Gasteiger partial charge in [-0.2, -0.15) is 4.91 Å². The highest BCUT2D eigenvalue weighted by Gasteiger charge is 2.22. The average Bonchev–Trinajstić information content (AvgIpc) is 2.74. The molecule has 104 valence electrons. The SMILES string of the molecule is C[C@H](O)CCCCC(/C=C/[C@H]1CC[C@@H](F)C1)N=O. The zero-order valence-corrected chi connectivity index (χ0v) is 11.1. The van der Waals surface area contributed by atoms with Crippen molar-refractivity contribution in [3.8, 4) is 0 Å². The molecular formula is C14H24FNO2. The van der Waals surface area contributed by atoms with Gasteiger partial charge in [0.25, 0.3) is 0 Å². The van der Waals surface area contributed by atoms with Gasteiger partial charge in [0.2, 0.25) is 0 Å². The summed E-state index contributed by atoms with van der Waals surface area (Å²) in [6.07, 6.45) is 8.24. The van der Waals surface area contributed by atoms with Gasteiger partial charge in [0, 0.05) is 0 Å². The zero-order valence-electron chi connectivity index (χ0n) is 11.1. The summed E-state index contributed by atoms with van der Waals surface area (Å²) in [5, 5.41) is 12.2. The molecule has 4 atom stereocenters. The van der Waals surface area contributed by atoms with Gasteiger partial charge in [0.05, 0.1) is 6.10 Å². The van der Waals surface area contributed by atoms with Crippen LogP contribution in [0.2, 0.25) is 0 Å². The van der Waals surface area contributed by atoms with E-state index < -0.39 is 6.17 Å². The van der Waals surface area contributed by atoms with E-state index in [4.69, 9.17) is 5.11 Å². The second-order valence-corrected chi connectivity index (χ2v) is 5.36. The Labute approximate surface area is 108 Å². The molecule has 0 aromatic carbocycles. The molecule has 0 radical (unpaired) electrons. The number of nitrogens with zero attached hydrogens (tertiary/aromatic N) is 1. The Kier molecular flexibility index (Phi) is 7.09. The Hall–Kier alpha value is -0.770. The van der Waals surface area contributed by atoms with Crippen molar-refractivity contribution in [3.63, 3.8) is 0 Å². The molecular weight excluding hydrogens is 233 g/mol. The predicted octanol–water partition coefficient (Wildman–Crippen LogP) is 3.76. The fourth-order valence-electron chi connectivity index (χ4n) is 2.40. The summed E-state index contributed by atoms with van der Waals surface area (Å²) in [6, 6.07) is -0.294. The summed E-state index contributed by atoms with van der Waals surface area (Å²) in [7, 11) is 0. The van der Waals surface area contributed by atoms with Crippen molar-refractivity contribution in [1.29, 1.82) is 0 Å². The Morgan fingerprint density at radius 3 is 2.67 bits per heavy atom. The number of alkyl halides is 1. The maximum Gasteiger partial charge on any atom is 0.110 e. The lowest BCUT2D eigenvalue weighted by molar-refractivity contribution is 0.180. The maximum absolute atomic E-state index is 13.0. The third kappa shape index (κ3) is 6.24. The molecule has 0 aliphatic heterocycles. The van der Waals surface area contributed by atoms with Crippen LogP contribution in [0.5, 0.6) is 0 Å². The van der Waals surface area contributed by atoms with Crippen LogP contribution in [-0.2, 0) is 0 Å². The fraction of sp³-hybridized carbons (Fsp3) is 0.857. The Bertz CT molecular complexity index is 269. The highest BCUT2D eigenvalue weighted by atomic mass is 19.1. The van der Waals surface area contributed by atoms with Crippen LogP contribution in [0.4, 0.5) is 4.39 Å². The minimum Gasteiger partial charge on any atom is -0.393 e. The van der Waals surface area contributed by atoms with E-state index in [1.807, 2.05) is 12.2 Å². The molecule has 3 nitrogen and oxygen atoms in total. The lowest BCUT2D eigenvalue weighted by atomic mass is 10.0. The lowest BCUT2D eigenvalue weighted by Gasteiger charge is -2.07. The van der Waals surface area contributed by atoms with Crippen molar-refractivity contribution in [1.82, 2.24) is 0 Å². The highest BCUT2D eigenvalue weighted by molar-refractivity contribution is 4.99. The lowest BCUT2D eigenvalue weighted by Crippen LogP contribution is -2.03. The molecule has 1 saturated carbocycles. The number of hydrogen-bond donors (Lipinski definition) is 1. The molecule has 0 spiro atoms. The Morgan fingerprint density at radius 1 is 1.39 bits per heavy atom. The van der Waals surface area contributed by atoms with E-state index in [0.29, 0.717) is 12.8 Å². The van der Waals surface area contributed by atoms with Crippen LogP contribution >= 0.6 is 0 Å². The molecule has 0 aromatic rings. The van der Waals surface area contributed by atoms with Gasteiger partial charge in [-0.1, -0.05) is 30.2 Å². The van der Waals surface area contributed by atoms with Crippen LogP contribution in [0.15, 0.2) is 17.3 Å². The van der Waals surface area contributed by atoms with Crippen molar-refractivity contribution in [2.75, 3.05) is 0 Å². The molecule has 0 aromatic heterocycles. The summed E-state index contributed by atoms with van der Waals surface area (Å²) in [4.78, 5) is 10.7. The minimum atomic E-state index is -0.673. The van der Waals surface area contributed by atoms with Gasteiger partial charge in [0.1, 0.15) is 12.2 Å². The summed E-state index contributed by atoms with van der Waals surface area (Å²) in [6.45, 7) is 1.77. The molecule has 18 heavy (non-hydrogen) atoms. The zero-order chi connectivity index (χ0) is 13.4. The average molecular weight is 257 g/mol. The van der Waals surface area contributed by atoms with Crippen LogP contribution in [0.3, 0.4) is 0 Å². The van der Waals surface area contributed by atoms with Crippen LogP contribution in [0.1, 0.15) is 51.9 Å². The van der Waals surface area contributed by atoms with Gasteiger partial charge in [-0.15, -0.1) is 0 Å². The number of nitroso groups, excluding NO2 is 1. The molecule has 1 unspecified atom stereocenters. The summed E-state index contributed by atoms with van der Waals surface area (Å²) < 4.78 is 13.0. The maximum atomic E-state index is 13.0. The van der Waals surface area contributed by atoms with E-state index in [2.05, 4.69) is 5.18 Å². The largest absolute Gasteiger partial charge is 0.393 e. The summed E-state index contributed by atoms with van der Waals surface area (Å²) in [5.41, 5.74) is 0. The van der Waals surface area contributed by atoms with Crippen LogP contribution in [-0.4, -0.2) is 23.4 Å². The number of hydrogen-bond acceptors (Lipinski definition) is 3. The number of aliphatic hydroxyl groups excluding tert-OH is 1. The Balaban J connectivity index is 2.20. The van der Waals surface area contributed by atoms with E-state index >= 15 is 0 Å². The van der Waals surface area contributed by atoms with Gasteiger partial charge in [0.15, 0.2) is 0 Å². The van der Waals surface area contributed by atoms with Gasteiger partial charge in [-0.25, -0.2) is 4.39 Å². The fourth-order valence-corrected chi connectivity index (χ4v) is 2.40. The topological polar surface area (TPSA) is 49.7 Å². The summed E-state index contributed by atoms with van der Waals surface area (Å²) in [5.74, 6) is 0.279. The van der Waals surface area contributed by atoms with Gasteiger partial charge in [-0.05, 0) is 44.9 Å². The smallest absolute Gasteiger partial charge is 0.110 e. The van der Waals surface area contributed by atoms with E-state index in [1.54, 1.807) is 6.92 Å². The highest BCUT2D eigenvalue weighted by Crippen LogP contribution is 2.29. The molecule has 0 bridgehead atoms. The minimum absolute atomic E-state index is 0.275. The number of allylic oxidation sites excluding steroid dienone is 1. The van der Waals surface area contributed by atoms with Gasteiger partial charge in [-0.3, -0.25) is 0 Å². The molecule has 1 N–H and O–H groups in total. The molecule has 0 amide bonds. The first-order chi connectivity index (χ1) is 8.61. The van der Waals surface area contributed by atoms with Crippen molar-refractivity contribution in [3.05, 3.63) is 17.1 Å². The third-order valence-electron chi connectivity index (χ3n) is 3.52. The third-order valence-corrected chi connectivity index (χ3v) is 3.52. The van der Waals surface area contributed by atoms with Crippen molar-refractivity contribution >= 4 is 0 Å². The van der Waals surface area contributed by atoms with Crippen LogP contribution in [0, 0.1) is 10.8 Å². The monoisotopic (exact) mass is 257 g/mol. The molecule has 4 heteroatoms. The molecule has 0 heterocycles. The predicted molar refractivity (Wildman–Crippen MR) is 71.1 cm³/mol. The second kappa shape index (κ2) is 8.35. The number of halogens is 1. The van der Waals surface area contributed by atoms with Crippen LogP contribution < -0.4 is 0 Å². The van der Waals surface area contributed by atoms with Crippen LogP contribution in [0.25, 0.3) is 0 Å². The van der Waals surface area contributed by atoms with Gasteiger partial charge >= 0.3 is 0 Å². The molecule has 1 rings (SSSR count). The van der Waals surface area contributed by atoms with E-state index in [-0.39, 0.29) is 18.1 Å².